The number of carbonyl (C=O) groups excluding carboxylic acids is 1. The standard InChI is InChI=1S/C17H23FO3/c1-12-5-4-8-17(11-12,21-3)16(19)10-13-6-7-15(20-2)14(18)9-13/h6-7,9,12H,4-5,8,10-11H2,1-3H3. The SMILES string of the molecule is COc1ccc(CC(=O)C2(OC)CCCC(C)C2)cc1F. The Morgan fingerprint density at radius 1 is 1.43 bits per heavy atom. The zero-order chi connectivity index (χ0) is 15.5. The topological polar surface area (TPSA) is 35.5 Å². The highest BCUT2D eigenvalue weighted by Gasteiger charge is 2.41. The summed E-state index contributed by atoms with van der Waals surface area (Å²) in [7, 11) is 3.02. The molecule has 116 valence electrons. The van der Waals surface area contributed by atoms with Crippen LogP contribution in [0.4, 0.5) is 4.39 Å². The van der Waals surface area contributed by atoms with Crippen LogP contribution in [0.5, 0.6) is 5.75 Å². The van der Waals surface area contributed by atoms with E-state index in [0.717, 1.165) is 25.7 Å². The van der Waals surface area contributed by atoms with Gasteiger partial charge in [-0.15, -0.1) is 0 Å². The number of methoxy groups -OCH3 is 2. The molecule has 0 aromatic heterocycles. The molecule has 0 N–H and O–H groups in total. The number of hydrogen-bond donors (Lipinski definition) is 0. The number of hydrogen-bond acceptors (Lipinski definition) is 3. The third-order valence-electron chi connectivity index (χ3n) is 4.44. The van der Waals surface area contributed by atoms with Gasteiger partial charge in [0.1, 0.15) is 5.60 Å². The molecular weight excluding hydrogens is 271 g/mol. The van der Waals surface area contributed by atoms with E-state index in [2.05, 4.69) is 6.92 Å². The summed E-state index contributed by atoms with van der Waals surface area (Å²) in [5, 5.41) is 0. The van der Waals surface area contributed by atoms with Crippen LogP contribution in [0.15, 0.2) is 18.2 Å². The van der Waals surface area contributed by atoms with Crippen molar-refractivity contribution in [3.8, 4) is 5.75 Å². The number of halogens is 1. The lowest BCUT2D eigenvalue weighted by molar-refractivity contribution is -0.146. The summed E-state index contributed by atoms with van der Waals surface area (Å²) in [5.41, 5.74) is -0.0402. The molecule has 0 amide bonds. The minimum atomic E-state index is -0.700. The molecule has 0 heterocycles. The fraction of sp³-hybridized carbons (Fsp3) is 0.588. The Kier molecular flexibility index (Phi) is 4.99. The van der Waals surface area contributed by atoms with Gasteiger partial charge in [-0.25, -0.2) is 4.39 Å². The molecule has 2 rings (SSSR count). The van der Waals surface area contributed by atoms with Crippen LogP contribution in [0.3, 0.4) is 0 Å². The fourth-order valence-corrected chi connectivity index (χ4v) is 3.22. The molecule has 3 nitrogen and oxygen atoms in total. The first-order chi connectivity index (χ1) is 10.0. The Labute approximate surface area is 125 Å². The van der Waals surface area contributed by atoms with E-state index in [1.54, 1.807) is 19.2 Å². The van der Waals surface area contributed by atoms with Gasteiger partial charge in [0.05, 0.1) is 7.11 Å². The van der Waals surface area contributed by atoms with Crippen LogP contribution in [-0.4, -0.2) is 25.6 Å². The zero-order valence-electron chi connectivity index (χ0n) is 12.9. The van der Waals surface area contributed by atoms with Gasteiger partial charge in [-0.3, -0.25) is 4.79 Å². The molecule has 4 heteroatoms. The molecule has 0 spiro atoms. The van der Waals surface area contributed by atoms with Crippen LogP contribution in [-0.2, 0) is 16.0 Å². The Balaban J connectivity index is 2.14. The summed E-state index contributed by atoms with van der Waals surface area (Å²) in [6, 6.07) is 4.66. The molecule has 2 atom stereocenters. The first-order valence-electron chi connectivity index (χ1n) is 7.41. The maximum atomic E-state index is 13.7. The van der Waals surface area contributed by atoms with Gasteiger partial charge >= 0.3 is 0 Å². The van der Waals surface area contributed by atoms with E-state index >= 15 is 0 Å². The van der Waals surface area contributed by atoms with E-state index in [1.807, 2.05) is 0 Å². The summed E-state index contributed by atoms with van der Waals surface area (Å²) in [5.74, 6) is 0.279. The van der Waals surface area contributed by atoms with Crippen LogP contribution in [0.2, 0.25) is 0 Å². The van der Waals surface area contributed by atoms with Gasteiger partial charge in [0, 0.05) is 13.5 Å². The summed E-state index contributed by atoms with van der Waals surface area (Å²) in [6.07, 6.45) is 3.83. The molecule has 1 aromatic carbocycles. The lowest BCUT2D eigenvalue weighted by Crippen LogP contribution is -2.45. The molecule has 1 saturated carbocycles. The van der Waals surface area contributed by atoms with Crippen LogP contribution >= 0.6 is 0 Å². The summed E-state index contributed by atoms with van der Waals surface area (Å²) >= 11 is 0. The average molecular weight is 294 g/mol. The van der Waals surface area contributed by atoms with Gasteiger partial charge in [0.2, 0.25) is 0 Å². The highest BCUT2D eigenvalue weighted by Crippen LogP contribution is 2.36. The van der Waals surface area contributed by atoms with Crippen molar-refractivity contribution in [2.45, 2.75) is 44.6 Å². The quantitative estimate of drug-likeness (QED) is 0.833. The molecular formula is C17H23FO3. The van der Waals surface area contributed by atoms with Gasteiger partial charge < -0.3 is 9.47 Å². The van der Waals surface area contributed by atoms with E-state index in [-0.39, 0.29) is 18.0 Å². The van der Waals surface area contributed by atoms with Crippen molar-refractivity contribution in [1.29, 1.82) is 0 Å². The van der Waals surface area contributed by atoms with E-state index in [0.29, 0.717) is 11.5 Å². The van der Waals surface area contributed by atoms with E-state index in [1.165, 1.54) is 13.2 Å². The van der Waals surface area contributed by atoms with E-state index in [4.69, 9.17) is 9.47 Å². The van der Waals surface area contributed by atoms with Crippen LogP contribution in [0.1, 0.15) is 38.2 Å². The number of ether oxygens (including phenoxy) is 2. The maximum absolute atomic E-state index is 13.7. The van der Waals surface area contributed by atoms with Crippen LogP contribution < -0.4 is 4.74 Å². The highest BCUT2D eigenvalue weighted by atomic mass is 19.1. The van der Waals surface area contributed by atoms with Crippen molar-refractivity contribution in [1.82, 2.24) is 0 Å². The third kappa shape index (κ3) is 3.43. The molecule has 1 aliphatic rings. The normalized spacial score (nSPS) is 25.6. The second-order valence-corrected chi connectivity index (χ2v) is 5.97. The Bertz CT molecular complexity index is 515. The van der Waals surface area contributed by atoms with E-state index in [9.17, 15) is 9.18 Å². The lowest BCUT2D eigenvalue weighted by atomic mass is 9.75. The van der Waals surface area contributed by atoms with Crippen molar-refractivity contribution >= 4 is 5.78 Å². The van der Waals surface area contributed by atoms with E-state index < -0.39 is 11.4 Å². The lowest BCUT2D eigenvalue weighted by Gasteiger charge is -2.37. The minimum Gasteiger partial charge on any atom is -0.494 e. The first-order valence-corrected chi connectivity index (χ1v) is 7.41. The minimum absolute atomic E-state index is 0.0427. The van der Waals surface area contributed by atoms with Crippen molar-refractivity contribution in [3.05, 3.63) is 29.6 Å². The molecule has 0 radical (unpaired) electrons. The molecule has 1 fully saturated rings. The maximum Gasteiger partial charge on any atom is 0.168 e. The monoisotopic (exact) mass is 294 g/mol. The third-order valence-corrected chi connectivity index (χ3v) is 4.44. The predicted octanol–water partition coefficient (Wildman–Crippen LogP) is 3.54. The summed E-state index contributed by atoms with van der Waals surface area (Å²) < 4.78 is 24.2. The van der Waals surface area contributed by atoms with Gasteiger partial charge in [0.15, 0.2) is 17.3 Å². The molecule has 1 aromatic rings. The van der Waals surface area contributed by atoms with Gasteiger partial charge in [-0.2, -0.15) is 0 Å². The fourth-order valence-electron chi connectivity index (χ4n) is 3.22. The van der Waals surface area contributed by atoms with Crippen LogP contribution in [0, 0.1) is 11.7 Å². The second-order valence-electron chi connectivity index (χ2n) is 5.97. The molecule has 2 unspecified atom stereocenters. The number of Topliss-reactive ketones (excluding diaryl/α,β-unsaturated/α-hetero) is 1. The number of ketones is 1. The smallest absolute Gasteiger partial charge is 0.168 e. The second kappa shape index (κ2) is 6.56. The average Bonchev–Trinajstić information content (AvgIpc) is 2.47. The molecule has 0 saturated heterocycles. The first kappa shape index (κ1) is 16.0. The molecule has 0 bridgehead atoms. The Morgan fingerprint density at radius 2 is 2.19 bits per heavy atom. The predicted molar refractivity (Wildman–Crippen MR) is 79.0 cm³/mol. The molecule has 0 aliphatic heterocycles. The Hall–Kier alpha value is -1.42. The van der Waals surface area contributed by atoms with Crippen molar-refractivity contribution in [2.24, 2.45) is 5.92 Å². The van der Waals surface area contributed by atoms with Crippen LogP contribution in [0.25, 0.3) is 0 Å². The summed E-state index contributed by atoms with van der Waals surface area (Å²) in [6.45, 7) is 2.15. The van der Waals surface area contributed by atoms with Gasteiger partial charge in [-0.1, -0.05) is 19.4 Å². The number of carbonyl (C=O) groups is 1. The molecule has 1 aliphatic carbocycles. The summed E-state index contributed by atoms with van der Waals surface area (Å²) in [4.78, 5) is 12.7. The van der Waals surface area contributed by atoms with Crippen molar-refractivity contribution < 1.29 is 18.7 Å². The van der Waals surface area contributed by atoms with Crippen molar-refractivity contribution in [2.75, 3.05) is 14.2 Å². The van der Waals surface area contributed by atoms with Gasteiger partial charge in [-0.05, 0) is 42.9 Å². The Morgan fingerprint density at radius 3 is 2.76 bits per heavy atom. The van der Waals surface area contributed by atoms with Crippen molar-refractivity contribution in [3.63, 3.8) is 0 Å². The number of benzene rings is 1. The zero-order valence-corrected chi connectivity index (χ0v) is 12.9. The molecule has 21 heavy (non-hydrogen) atoms. The highest BCUT2D eigenvalue weighted by molar-refractivity contribution is 5.89. The largest absolute Gasteiger partial charge is 0.494 e. The number of rotatable bonds is 5. The van der Waals surface area contributed by atoms with Gasteiger partial charge in [0.25, 0.3) is 0 Å².